The zero-order valence-electron chi connectivity index (χ0n) is 18.8. The molecule has 0 aromatic carbocycles. The summed E-state index contributed by atoms with van der Waals surface area (Å²) in [6.07, 6.45) is 16.9. The maximum atomic E-state index is 10.2. The molecule has 0 aromatic heterocycles. The third-order valence-electron chi connectivity index (χ3n) is 8.65. The molecule has 0 heterocycles. The van der Waals surface area contributed by atoms with Gasteiger partial charge >= 0.3 is 0 Å². The first-order chi connectivity index (χ1) is 14.3. The van der Waals surface area contributed by atoms with Crippen molar-refractivity contribution in [1.29, 1.82) is 0 Å². The van der Waals surface area contributed by atoms with Crippen LogP contribution in [0.2, 0.25) is 0 Å². The average Bonchev–Trinajstić information content (AvgIpc) is 3.49. The van der Waals surface area contributed by atoms with Crippen molar-refractivity contribution in [1.82, 2.24) is 0 Å². The monoisotopic (exact) mass is 412 g/mol. The van der Waals surface area contributed by atoms with E-state index in [1.165, 1.54) is 44.1 Å². The lowest BCUT2D eigenvalue weighted by Gasteiger charge is -2.44. The van der Waals surface area contributed by atoms with Crippen LogP contribution < -0.4 is 0 Å². The summed E-state index contributed by atoms with van der Waals surface area (Å²) in [7, 11) is 0. The minimum atomic E-state index is -0.621. The number of fused-ring (bicyclic) bond motifs is 1. The molecule has 4 aliphatic rings. The van der Waals surface area contributed by atoms with E-state index < -0.39 is 12.2 Å². The van der Waals surface area contributed by atoms with E-state index in [1.54, 1.807) is 0 Å². The van der Waals surface area contributed by atoms with E-state index >= 15 is 0 Å². The minimum absolute atomic E-state index is 0.250. The van der Waals surface area contributed by atoms with Crippen molar-refractivity contribution in [2.75, 3.05) is 0 Å². The van der Waals surface area contributed by atoms with E-state index in [9.17, 15) is 15.3 Å². The van der Waals surface area contributed by atoms with Gasteiger partial charge in [-0.05, 0) is 91.6 Å². The van der Waals surface area contributed by atoms with E-state index in [-0.39, 0.29) is 6.10 Å². The molecule has 0 spiro atoms. The molecule has 3 N–H and O–H groups in total. The summed E-state index contributed by atoms with van der Waals surface area (Å²) in [4.78, 5) is 0. The van der Waals surface area contributed by atoms with E-state index in [2.05, 4.69) is 44.7 Å². The zero-order valence-corrected chi connectivity index (χ0v) is 18.8. The lowest BCUT2D eigenvalue weighted by molar-refractivity contribution is 0.0862. The highest BCUT2D eigenvalue weighted by molar-refractivity contribution is 5.38. The SMILES string of the molecule is C=C1/C(=C\C=C2/CCC[C@]3(C)[C@@H]([C@H](C)/C=C\[C@@H](O)C4CC4)CC[C@@H]23)C[C@@H](O)C[C@@H]1O. The molecular weight excluding hydrogens is 372 g/mol. The van der Waals surface area contributed by atoms with E-state index in [0.29, 0.717) is 41.9 Å². The van der Waals surface area contributed by atoms with Crippen molar-refractivity contribution >= 4 is 0 Å². The highest BCUT2D eigenvalue weighted by atomic mass is 16.3. The fraction of sp³-hybridized carbons (Fsp3) is 0.704. The lowest BCUT2D eigenvalue weighted by Crippen LogP contribution is -2.35. The Hall–Kier alpha value is -1.16. The highest BCUT2D eigenvalue weighted by Gasteiger charge is 2.50. The van der Waals surface area contributed by atoms with E-state index in [1.807, 2.05) is 0 Å². The smallest absolute Gasteiger partial charge is 0.0811 e. The first-order valence-electron chi connectivity index (χ1n) is 12.1. The number of hydrogen-bond donors (Lipinski definition) is 3. The molecule has 0 unspecified atom stereocenters. The van der Waals surface area contributed by atoms with E-state index in [0.717, 1.165) is 17.6 Å². The predicted octanol–water partition coefficient (Wildman–Crippen LogP) is 5.09. The Morgan fingerprint density at radius 3 is 2.60 bits per heavy atom. The van der Waals surface area contributed by atoms with Crippen molar-refractivity contribution in [2.24, 2.45) is 29.1 Å². The normalized spacial score (nSPS) is 42.1. The summed E-state index contributed by atoms with van der Waals surface area (Å²) in [5, 5.41) is 30.4. The van der Waals surface area contributed by atoms with Crippen LogP contribution in [-0.2, 0) is 0 Å². The second-order valence-electron chi connectivity index (χ2n) is 10.7. The molecule has 0 bridgehead atoms. The fourth-order valence-electron chi connectivity index (χ4n) is 6.63. The number of allylic oxidation sites excluding steroid dienone is 4. The van der Waals surface area contributed by atoms with Gasteiger partial charge in [0.15, 0.2) is 0 Å². The molecule has 4 fully saturated rings. The van der Waals surface area contributed by atoms with Gasteiger partial charge in [-0.25, -0.2) is 0 Å². The van der Waals surface area contributed by atoms with Gasteiger partial charge in [-0.2, -0.15) is 0 Å². The van der Waals surface area contributed by atoms with Crippen LogP contribution in [0.25, 0.3) is 0 Å². The summed E-state index contributed by atoms with van der Waals surface area (Å²) < 4.78 is 0. The number of aliphatic hydroxyl groups excluding tert-OH is 3. The second-order valence-corrected chi connectivity index (χ2v) is 10.7. The van der Waals surface area contributed by atoms with Gasteiger partial charge in [-0.3, -0.25) is 0 Å². The number of hydrogen-bond acceptors (Lipinski definition) is 3. The maximum Gasteiger partial charge on any atom is 0.0811 e. The van der Waals surface area contributed by atoms with Crippen molar-refractivity contribution < 1.29 is 15.3 Å². The molecule has 0 saturated heterocycles. The third-order valence-corrected chi connectivity index (χ3v) is 8.65. The lowest BCUT2D eigenvalue weighted by atomic mass is 9.61. The summed E-state index contributed by atoms with van der Waals surface area (Å²) in [6.45, 7) is 8.88. The number of rotatable bonds is 5. The van der Waals surface area contributed by atoms with Crippen LogP contribution in [0.3, 0.4) is 0 Å². The third kappa shape index (κ3) is 4.40. The number of aliphatic hydroxyl groups is 3. The molecule has 7 atom stereocenters. The van der Waals surface area contributed by atoms with Gasteiger partial charge in [-0.1, -0.05) is 50.3 Å². The van der Waals surface area contributed by atoms with Crippen LogP contribution in [0.4, 0.5) is 0 Å². The Kier molecular flexibility index (Phi) is 6.44. The molecule has 166 valence electrons. The van der Waals surface area contributed by atoms with Crippen molar-refractivity contribution in [2.45, 2.75) is 89.9 Å². The predicted molar refractivity (Wildman–Crippen MR) is 122 cm³/mol. The average molecular weight is 413 g/mol. The largest absolute Gasteiger partial charge is 0.393 e. The van der Waals surface area contributed by atoms with Crippen LogP contribution in [0.5, 0.6) is 0 Å². The summed E-state index contributed by atoms with van der Waals surface area (Å²) >= 11 is 0. The van der Waals surface area contributed by atoms with Gasteiger partial charge < -0.3 is 15.3 Å². The van der Waals surface area contributed by atoms with Crippen LogP contribution in [-0.4, -0.2) is 33.6 Å². The minimum Gasteiger partial charge on any atom is -0.393 e. The molecule has 0 radical (unpaired) electrons. The Morgan fingerprint density at radius 2 is 1.87 bits per heavy atom. The molecule has 4 rings (SSSR count). The van der Waals surface area contributed by atoms with Gasteiger partial charge in [0, 0.05) is 6.42 Å². The van der Waals surface area contributed by atoms with Crippen LogP contribution in [0, 0.1) is 29.1 Å². The Labute approximate surface area is 182 Å². The Balaban J connectivity index is 1.48. The molecule has 30 heavy (non-hydrogen) atoms. The Bertz CT molecular complexity index is 743. The fourth-order valence-corrected chi connectivity index (χ4v) is 6.63. The van der Waals surface area contributed by atoms with Crippen molar-refractivity contribution in [3.8, 4) is 0 Å². The van der Waals surface area contributed by atoms with Crippen LogP contribution in [0.1, 0.15) is 71.6 Å². The molecule has 4 saturated carbocycles. The maximum absolute atomic E-state index is 10.2. The second kappa shape index (κ2) is 8.76. The van der Waals surface area contributed by atoms with Gasteiger partial charge in [0.1, 0.15) is 0 Å². The van der Waals surface area contributed by atoms with Gasteiger partial charge in [0.25, 0.3) is 0 Å². The van der Waals surface area contributed by atoms with Crippen LogP contribution in [0.15, 0.2) is 47.6 Å². The molecule has 3 heteroatoms. The first-order valence-corrected chi connectivity index (χ1v) is 12.1. The topological polar surface area (TPSA) is 60.7 Å². The summed E-state index contributed by atoms with van der Waals surface area (Å²) in [5.41, 5.74) is 3.63. The summed E-state index contributed by atoms with van der Waals surface area (Å²) in [6, 6.07) is 0. The molecule has 0 aliphatic heterocycles. The molecule has 0 amide bonds. The van der Waals surface area contributed by atoms with Crippen molar-refractivity contribution in [3.05, 3.63) is 47.6 Å². The first kappa shape index (κ1) is 22.0. The standard InChI is InChI=1S/C27H40O3/c1-17(6-13-25(29)20-8-9-20)23-11-12-24-19(5-4-14-27(23,24)3)7-10-21-15-22(28)16-26(30)18(21)2/h6-7,10,13,17,20,22-26,28-30H,2,4-5,8-9,11-12,14-16H2,1,3H3/b13-6-,19-7+,21-10-/t17-,22-,23-,24+,25-,26+,27-/m1/s1. The molecule has 4 aliphatic carbocycles. The van der Waals surface area contributed by atoms with Crippen molar-refractivity contribution in [3.63, 3.8) is 0 Å². The van der Waals surface area contributed by atoms with Gasteiger partial charge in [0.2, 0.25) is 0 Å². The zero-order chi connectivity index (χ0) is 21.5. The molecule has 0 aromatic rings. The van der Waals surface area contributed by atoms with E-state index in [4.69, 9.17) is 0 Å². The summed E-state index contributed by atoms with van der Waals surface area (Å²) in [5.74, 6) is 2.28. The van der Waals surface area contributed by atoms with Gasteiger partial charge in [-0.15, -0.1) is 0 Å². The quantitative estimate of drug-likeness (QED) is 0.551. The van der Waals surface area contributed by atoms with Crippen LogP contribution >= 0.6 is 0 Å². The van der Waals surface area contributed by atoms with Gasteiger partial charge in [0.05, 0.1) is 18.3 Å². The Morgan fingerprint density at radius 1 is 1.10 bits per heavy atom. The highest BCUT2D eigenvalue weighted by Crippen LogP contribution is 2.59. The molecule has 3 nitrogen and oxygen atoms in total. The molecular formula is C27H40O3.